The van der Waals surface area contributed by atoms with Gasteiger partial charge in [0.15, 0.2) is 0 Å². The zero-order valence-corrected chi connectivity index (χ0v) is 51.3. The third-order valence-electron chi connectivity index (χ3n) is 15.0. The molecule has 9 nitrogen and oxygen atoms in total. The van der Waals surface area contributed by atoms with Crippen molar-refractivity contribution in [3.63, 3.8) is 0 Å². The number of rotatable bonds is 60. The van der Waals surface area contributed by atoms with E-state index in [2.05, 4.69) is 26.1 Å². The van der Waals surface area contributed by atoms with E-state index < -0.39 is 20.0 Å². The minimum absolute atomic E-state index is 0.0458. The highest BCUT2D eigenvalue weighted by atomic mass is 31.2. The lowest BCUT2D eigenvalue weighted by atomic mass is 10.0. The van der Waals surface area contributed by atoms with Crippen LogP contribution in [-0.4, -0.2) is 74.3 Å². The SMILES string of the molecule is CCCCCCCCCCCCC/C=C\C(OC(=O)CCCCCCCCCCCCCCCCCCCCCCC)C(COP(=O)(O)OCC[N+](C)(C)C)NC(=O)CCCCCCCCCCCCCCCC. The summed E-state index contributed by atoms with van der Waals surface area (Å²) in [6.07, 6.45) is 63.5. The van der Waals surface area contributed by atoms with E-state index in [0.717, 1.165) is 57.8 Å². The van der Waals surface area contributed by atoms with Crippen LogP contribution in [0, 0.1) is 0 Å². The van der Waals surface area contributed by atoms with E-state index in [1.54, 1.807) is 0 Å². The minimum atomic E-state index is -4.44. The van der Waals surface area contributed by atoms with Crippen molar-refractivity contribution in [1.29, 1.82) is 0 Å². The lowest BCUT2D eigenvalue weighted by molar-refractivity contribution is -0.870. The number of phosphoric ester groups is 1. The maximum absolute atomic E-state index is 13.5. The lowest BCUT2D eigenvalue weighted by Crippen LogP contribution is -2.47. The molecule has 0 aliphatic carbocycles. The molecule has 0 aliphatic rings. The van der Waals surface area contributed by atoms with Gasteiger partial charge in [-0.2, -0.15) is 0 Å². The van der Waals surface area contributed by atoms with Crippen LogP contribution in [0.3, 0.4) is 0 Å². The highest BCUT2D eigenvalue weighted by Crippen LogP contribution is 2.43. The van der Waals surface area contributed by atoms with Gasteiger partial charge >= 0.3 is 13.8 Å². The minimum Gasteiger partial charge on any atom is -0.456 e. The molecular weight excluding hydrogens is 940 g/mol. The summed E-state index contributed by atoms with van der Waals surface area (Å²) in [4.78, 5) is 37.7. The zero-order chi connectivity index (χ0) is 54.3. The largest absolute Gasteiger partial charge is 0.472 e. The first-order valence-corrected chi connectivity index (χ1v) is 34.0. The normalized spacial score (nSPS) is 13.7. The van der Waals surface area contributed by atoms with Crippen molar-refractivity contribution in [3.8, 4) is 0 Å². The molecule has 0 aliphatic heterocycles. The fraction of sp³-hybridized carbons (Fsp3) is 0.938. The second kappa shape index (κ2) is 55.1. The average molecular weight is 1070 g/mol. The molecule has 10 heteroatoms. The Hall–Kier alpha value is -1.25. The Labute approximate surface area is 461 Å². The fourth-order valence-electron chi connectivity index (χ4n) is 9.94. The number of ether oxygens (including phenoxy) is 1. The first kappa shape index (κ1) is 72.8. The van der Waals surface area contributed by atoms with Crippen LogP contribution < -0.4 is 5.32 Å². The summed E-state index contributed by atoms with van der Waals surface area (Å²) in [7, 11) is 1.52. The number of phosphoric acid groups is 1. The van der Waals surface area contributed by atoms with Crippen molar-refractivity contribution in [2.45, 2.75) is 348 Å². The van der Waals surface area contributed by atoms with Crippen LogP contribution in [0.4, 0.5) is 0 Å². The highest BCUT2D eigenvalue weighted by Gasteiger charge is 2.30. The molecule has 0 radical (unpaired) electrons. The molecule has 1 amide bonds. The summed E-state index contributed by atoms with van der Waals surface area (Å²) < 4.78 is 30.7. The molecule has 0 aromatic rings. The van der Waals surface area contributed by atoms with Crippen molar-refractivity contribution >= 4 is 19.7 Å². The van der Waals surface area contributed by atoms with Crippen LogP contribution in [0.2, 0.25) is 0 Å². The summed E-state index contributed by atoms with van der Waals surface area (Å²) in [5.74, 6) is -0.481. The molecule has 0 aromatic carbocycles. The van der Waals surface area contributed by atoms with Gasteiger partial charge < -0.3 is 19.4 Å². The lowest BCUT2D eigenvalue weighted by Gasteiger charge is -2.27. The quantitative estimate of drug-likeness (QED) is 0.0205. The molecule has 0 fully saturated rings. The number of amides is 1. The molecule has 3 unspecified atom stereocenters. The molecule has 2 N–H and O–H groups in total. The summed E-state index contributed by atoms with van der Waals surface area (Å²) in [5, 5.41) is 3.07. The van der Waals surface area contributed by atoms with Crippen molar-refractivity contribution in [2.24, 2.45) is 0 Å². The Balaban J connectivity index is 5.15. The Morgan fingerprint density at radius 2 is 0.770 bits per heavy atom. The van der Waals surface area contributed by atoms with Crippen LogP contribution in [-0.2, 0) is 27.9 Å². The number of carbonyl (C=O) groups is 2. The van der Waals surface area contributed by atoms with Crippen LogP contribution in [0.25, 0.3) is 0 Å². The van der Waals surface area contributed by atoms with E-state index in [1.807, 2.05) is 33.3 Å². The van der Waals surface area contributed by atoms with Gasteiger partial charge in [-0.1, -0.05) is 303 Å². The number of hydrogen-bond acceptors (Lipinski definition) is 6. The van der Waals surface area contributed by atoms with Crippen molar-refractivity contribution in [3.05, 3.63) is 12.2 Å². The van der Waals surface area contributed by atoms with Gasteiger partial charge in [0.05, 0.1) is 33.8 Å². The van der Waals surface area contributed by atoms with Gasteiger partial charge in [0, 0.05) is 12.8 Å². The summed E-state index contributed by atoms with van der Waals surface area (Å²) in [6, 6.07) is -0.839. The van der Waals surface area contributed by atoms with E-state index in [-0.39, 0.29) is 25.1 Å². The van der Waals surface area contributed by atoms with Gasteiger partial charge in [-0.25, -0.2) is 4.57 Å². The first-order chi connectivity index (χ1) is 35.9. The second-order valence-electron chi connectivity index (χ2n) is 23.7. The van der Waals surface area contributed by atoms with E-state index in [1.165, 1.54) is 244 Å². The number of hydrogen-bond donors (Lipinski definition) is 2. The van der Waals surface area contributed by atoms with Crippen molar-refractivity contribution in [2.75, 3.05) is 40.9 Å². The summed E-state index contributed by atoms with van der Waals surface area (Å²) >= 11 is 0. The Kier molecular flexibility index (Phi) is 54.1. The van der Waals surface area contributed by atoms with Crippen LogP contribution in [0.5, 0.6) is 0 Å². The van der Waals surface area contributed by atoms with Gasteiger partial charge in [0.2, 0.25) is 5.91 Å². The van der Waals surface area contributed by atoms with Gasteiger partial charge in [-0.05, 0) is 31.8 Å². The molecule has 0 bridgehead atoms. The smallest absolute Gasteiger partial charge is 0.456 e. The van der Waals surface area contributed by atoms with Crippen LogP contribution >= 0.6 is 7.82 Å². The number of nitrogens with one attached hydrogen (secondary N) is 1. The zero-order valence-electron chi connectivity index (χ0n) is 50.4. The molecular formula is C64H128N2O7P+. The Bertz CT molecular complexity index is 1270. The maximum atomic E-state index is 13.5. The number of nitrogens with zero attached hydrogens (tertiary/aromatic N) is 1. The fourth-order valence-corrected chi connectivity index (χ4v) is 10.7. The second-order valence-corrected chi connectivity index (χ2v) is 25.1. The van der Waals surface area contributed by atoms with Gasteiger partial charge in [0.1, 0.15) is 19.3 Å². The molecule has 0 heterocycles. The Morgan fingerprint density at radius 1 is 0.459 bits per heavy atom. The monoisotopic (exact) mass is 1070 g/mol. The molecule has 0 aromatic heterocycles. The van der Waals surface area contributed by atoms with E-state index >= 15 is 0 Å². The molecule has 0 spiro atoms. The maximum Gasteiger partial charge on any atom is 0.472 e. The molecule has 0 rings (SSSR count). The molecule has 74 heavy (non-hydrogen) atoms. The van der Waals surface area contributed by atoms with E-state index in [9.17, 15) is 19.0 Å². The third-order valence-corrected chi connectivity index (χ3v) is 16.0. The number of carbonyl (C=O) groups excluding carboxylic acids is 2. The van der Waals surface area contributed by atoms with Gasteiger partial charge in [-0.3, -0.25) is 18.6 Å². The van der Waals surface area contributed by atoms with Crippen LogP contribution in [0.1, 0.15) is 335 Å². The Morgan fingerprint density at radius 3 is 1.11 bits per heavy atom. The third kappa shape index (κ3) is 55.5. The molecule has 440 valence electrons. The van der Waals surface area contributed by atoms with E-state index in [0.29, 0.717) is 23.9 Å². The highest BCUT2D eigenvalue weighted by molar-refractivity contribution is 7.47. The first-order valence-electron chi connectivity index (χ1n) is 32.5. The van der Waals surface area contributed by atoms with E-state index in [4.69, 9.17) is 13.8 Å². The number of unbranched alkanes of at least 4 members (excludes halogenated alkanes) is 44. The van der Waals surface area contributed by atoms with Gasteiger partial charge in [-0.15, -0.1) is 0 Å². The van der Waals surface area contributed by atoms with Gasteiger partial charge in [0.25, 0.3) is 0 Å². The number of esters is 1. The molecule has 0 saturated carbocycles. The average Bonchev–Trinajstić information content (AvgIpc) is 3.36. The number of allylic oxidation sites excluding steroid dienone is 1. The number of quaternary nitrogens is 1. The molecule has 3 atom stereocenters. The molecule has 0 saturated heterocycles. The van der Waals surface area contributed by atoms with Crippen molar-refractivity contribution in [1.82, 2.24) is 5.32 Å². The topological polar surface area (TPSA) is 111 Å². The summed E-state index contributed by atoms with van der Waals surface area (Å²) in [6.45, 7) is 7.07. The van der Waals surface area contributed by atoms with Crippen molar-refractivity contribution < 1.29 is 37.3 Å². The standard InChI is InChI=1S/C64H127N2O7P/c1-7-10-13-16-19-22-25-28-30-31-32-33-34-35-36-39-42-45-48-51-54-57-64(68)73-62(55-52-49-46-43-40-37-27-24-21-18-15-12-9-3)61(60-72-74(69,70)71-59-58-66(4,5)6)65-63(67)56-53-50-47-44-41-38-29-26-23-20-17-14-11-8-2/h52,55,61-62H,7-51,53-54,56-60H2,1-6H3,(H-,65,67,69,70)/p+1/b55-52-. The predicted octanol–water partition coefficient (Wildman–Crippen LogP) is 20.0. The summed E-state index contributed by atoms with van der Waals surface area (Å²) in [5.41, 5.74) is 0. The predicted molar refractivity (Wildman–Crippen MR) is 319 cm³/mol. The number of likely N-dealkylation sites (N-methyl/N-ethyl adjacent to an activating group) is 1. The van der Waals surface area contributed by atoms with Crippen LogP contribution in [0.15, 0.2) is 12.2 Å².